The van der Waals surface area contributed by atoms with Crippen molar-refractivity contribution >= 4 is 18.3 Å². The van der Waals surface area contributed by atoms with Gasteiger partial charge < -0.3 is 11.5 Å². The lowest BCUT2D eigenvalue weighted by atomic mass is 10.1. The van der Waals surface area contributed by atoms with Crippen molar-refractivity contribution in [2.45, 2.75) is 13.0 Å². The van der Waals surface area contributed by atoms with Gasteiger partial charge in [0.25, 0.3) is 0 Å². The summed E-state index contributed by atoms with van der Waals surface area (Å²) in [6.07, 6.45) is 0. The van der Waals surface area contributed by atoms with Crippen molar-refractivity contribution in [3.8, 4) is 0 Å². The van der Waals surface area contributed by atoms with Crippen LogP contribution in [0, 0.1) is 0 Å². The van der Waals surface area contributed by atoms with Gasteiger partial charge >= 0.3 is 0 Å². The average Bonchev–Trinajstić information content (AvgIpc) is 2.04. The zero-order chi connectivity index (χ0) is 9.14. The van der Waals surface area contributed by atoms with Crippen molar-refractivity contribution in [3.05, 3.63) is 35.4 Å². The Hall–Kier alpha value is -1.06. The summed E-state index contributed by atoms with van der Waals surface area (Å²) in [5.74, 6) is -0.411. The zero-order valence-corrected chi connectivity index (χ0v) is 8.17. The number of hydrogen-bond acceptors (Lipinski definition) is 2. The standard InChI is InChI=1S/C9H12N2O.ClH/c1-6(10)7-2-4-8(5-3-7)9(11)12;/h2-6H,10H2,1H3,(H2,11,12);1H/t6-;/m1./s1. The van der Waals surface area contributed by atoms with Crippen molar-refractivity contribution in [3.63, 3.8) is 0 Å². The molecule has 1 aromatic carbocycles. The SMILES string of the molecule is C[C@@H](N)c1ccc(C(N)=O)cc1.Cl. The molecule has 4 N–H and O–H groups in total. The molecule has 1 rings (SSSR count). The number of benzene rings is 1. The van der Waals surface area contributed by atoms with E-state index in [9.17, 15) is 4.79 Å². The Morgan fingerprint density at radius 1 is 1.31 bits per heavy atom. The van der Waals surface area contributed by atoms with Gasteiger partial charge in [-0.1, -0.05) is 12.1 Å². The van der Waals surface area contributed by atoms with Crippen LogP contribution in [0.4, 0.5) is 0 Å². The van der Waals surface area contributed by atoms with E-state index >= 15 is 0 Å². The summed E-state index contributed by atoms with van der Waals surface area (Å²) in [5, 5.41) is 0. The largest absolute Gasteiger partial charge is 0.366 e. The molecule has 1 atom stereocenters. The van der Waals surface area contributed by atoms with Crippen LogP contribution in [0.5, 0.6) is 0 Å². The molecule has 13 heavy (non-hydrogen) atoms. The highest BCUT2D eigenvalue weighted by Gasteiger charge is 2.01. The number of rotatable bonds is 2. The van der Waals surface area contributed by atoms with Crippen LogP contribution < -0.4 is 11.5 Å². The van der Waals surface area contributed by atoms with Crippen LogP contribution in [0.25, 0.3) is 0 Å². The van der Waals surface area contributed by atoms with Crippen LogP contribution in [0.2, 0.25) is 0 Å². The monoisotopic (exact) mass is 200 g/mol. The Bertz CT molecular complexity index is 282. The van der Waals surface area contributed by atoms with Crippen molar-refractivity contribution < 1.29 is 4.79 Å². The Morgan fingerprint density at radius 2 is 1.77 bits per heavy atom. The van der Waals surface area contributed by atoms with E-state index < -0.39 is 5.91 Å². The smallest absolute Gasteiger partial charge is 0.248 e. The van der Waals surface area contributed by atoms with Crippen LogP contribution in [0.1, 0.15) is 28.9 Å². The molecule has 72 valence electrons. The van der Waals surface area contributed by atoms with E-state index in [0.29, 0.717) is 5.56 Å². The minimum atomic E-state index is -0.411. The van der Waals surface area contributed by atoms with Crippen LogP contribution in [-0.4, -0.2) is 5.91 Å². The molecule has 0 aliphatic rings. The summed E-state index contributed by atoms with van der Waals surface area (Å²) in [4.78, 5) is 10.7. The molecule has 4 heteroatoms. The molecule has 0 unspecified atom stereocenters. The molecular formula is C9H13ClN2O. The zero-order valence-electron chi connectivity index (χ0n) is 7.36. The molecule has 0 aliphatic heterocycles. The first-order chi connectivity index (χ1) is 5.61. The first-order valence-corrected chi connectivity index (χ1v) is 3.76. The van der Waals surface area contributed by atoms with Crippen LogP contribution >= 0.6 is 12.4 Å². The second-order valence-electron chi connectivity index (χ2n) is 2.77. The van der Waals surface area contributed by atoms with E-state index in [2.05, 4.69) is 0 Å². The maximum absolute atomic E-state index is 10.7. The van der Waals surface area contributed by atoms with Gasteiger partial charge in [-0.3, -0.25) is 4.79 Å². The quantitative estimate of drug-likeness (QED) is 0.754. The van der Waals surface area contributed by atoms with Gasteiger partial charge in [-0.25, -0.2) is 0 Å². The van der Waals surface area contributed by atoms with Crippen LogP contribution in [0.3, 0.4) is 0 Å². The maximum Gasteiger partial charge on any atom is 0.248 e. The minimum absolute atomic E-state index is 0. The Labute approximate surface area is 83.5 Å². The third-order valence-corrected chi connectivity index (χ3v) is 1.72. The van der Waals surface area contributed by atoms with Crippen molar-refractivity contribution in [1.29, 1.82) is 0 Å². The van der Waals surface area contributed by atoms with E-state index in [4.69, 9.17) is 11.5 Å². The predicted octanol–water partition coefficient (Wildman–Crippen LogP) is 1.23. The molecule has 1 aromatic rings. The summed E-state index contributed by atoms with van der Waals surface area (Å²) < 4.78 is 0. The molecule has 3 nitrogen and oxygen atoms in total. The molecule has 1 amide bonds. The lowest BCUT2D eigenvalue weighted by Crippen LogP contribution is -2.11. The van der Waals surface area contributed by atoms with Gasteiger partial charge in [0.2, 0.25) is 5.91 Å². The highest BCUT2D eigenvalue weighted by atomic mass is 35.5. The highest BCUT2D eigenvalue weighted by Crippen LogP contribution is 2.09. The van der Waals surface area contributed by atoms with Crippen LogP contribution in [-0.2, 0) is 0 Å². The summed E-state index contributed by atoms with van der Waals surface area (Å²) in [6, 6.07) is 6.98. The van der Waals surface area contributed by atoms with Gasteiger partial charge in [0, 0.05) is 11.6 Å². The Morgan fingerprint density at radius 3 is 2.08 bits per heavy atom. The molecule has 0 saturated carbocycles. The fourth-order valence-electron chi connectivity index (χ4n) is 0.951. The minimum Gasteiger partial charge on any atom is -0.366 e. The third-order valence-electron chi connectivity index (χ3n) is 1.72. The molecule has 0 radical (unpaired) electrons. The predicted molar refractivity (Wildman–Crippen MR) is 54.8 cm³/mol. The fourth-order valence-corrected chi connectivity index (χ4v) is 0.951. The number of carbonyl (C=O) groups excluding carboxylic acids is 1. The van der Waals surface area contributed by atoms with E-state index in [0.717, 1.165) is 5.56 Å². The first kappa shape index (κ1) is 11.9. The highest BCUT2D eigenvalue weighted by molar-refractivity contribution is 5.92. The molecule has 0 bridgehead atoms. The van der Waals surface area contributed by atoms with E-state index in [1.807, 2.05) is 19.1 Å². The van der Waals surface area contributed by atoms with Crippen molar-refractivity contribution in [2.24, 2.45) is 11.5 Å². The first-order valence-electron chi connectivity index (χ1n) is 3.76. The summed E-state index contributed by atoms with van der Waals surface area (Å²) in [6.45, 7) is 1.89. The van der Waals surface area contributed by atoms with Crippen molar-refractivity contribution in [2.75, 3.05) is 0 Å². The van der Waals surface area contributed by atoms with E-state index in [1.54, 1.807) is 12.1 Å². The van der Waals surface area contributed by atoms with Gasteiger partial charge in [0.15, 0.2) is 0 Å². The molecule has 0 heterocycles. The molecule has 0 aromatic heterocycles. The van der Waals surface area contributed by atoms with E-state index in [-0.39, 0.29) is 18.4 Å². The Balaban J connectivity index is 0.00000144. The molecular weight excluding hydrogens is 188 g/mol. The molecule has 0 saturated heterocycles. The molecule has 0 fully saturated rings. The summed E-state index contributed by atoms with van der Waals surface area (Å²) in [7, 11) is 0. The van der Waals surface area contributed by atoms with Crippen molar-refractivity contribution in [1.82, 2.24) is 0 Å². The topological polar surface area (TPSA) is 69.1 Å². The number of nitrogens with two attached hydrogens (primary N) is 2. The average molecular weight is 201 g/mol. The number of primary amides is 1. The van der Waals surface area contributed by atoms with E-state index in [1.165, 1.54) is 0 Å². The molecule has 0 aliphatic carbocycles. The fraction of sp³-hybridized carbons (Fsp3) is 0.222. The van der Waals surface area contributed by atoms with Gasteiger partial charge in [0.1, 0.15) is 0 Å². The number of amides is 1. The lowest BCUT2D eigenvalue weighted by Gasteiger charge is -2.04. The lowest BCUT2D eigenvalue weighted by molar-refractivity contribution is 0.100. The summed E-state index contributed by atoms with van der Waals surface area (Å²) >= 11 is 0. The maximum atomic E-state index is 10.7. The van der Waals surface area contributed by atoms with Gasteiger partial charge in [-0.05, 0) is 24.6 Å². The molecule has 0 spiro atoms. The van der Waals surface area contributed by atoms with Gasteiger partial charge in [0.05, 0.1) is 0 Å². The second kappa shape index (κ2) is 4.84. The third kappa shape index (κ3) is 3.05. The normalized spacial score (nSPS) is 11.5. The van der Waals surface area contributed by atoms with Gasteiger partial charge in [-0.2, -0.15) is 0 Å². The van der Waals surface area contributed by atoms with Crippen LogP contribution in [0.15, 0.2) is 24.3 Å². The number of hydrogen-bond donors (Lipinski definition) is 2. The summed E-state index contributed by atoms with van der Waals surface area (Å²) in [5.41, 5.74) is 12.2. The number of halogens is 1. The Kier molecular flexibility index (Phi) is 4.45. The second-order valence-corrected chi connectivity index (χ2v) is 2.77. The number of carbonyl (C=O) groups is 1. The van der Waals surface area contributed by atoms with Gasteiger partial charge in [-0.15, -0.1) is 12.4 Å².